The van der Waals surface area contributed by atoms with E-state index in [0.717, 1.165) is 11.6 Å². The van der Waals surface area contributed by atoms with Gasteiger partial charge in [-0.2, -0.15) is 10.2 Å². The highest BCUT2D eigenvalue weighted by molar-refractivity contribution is 9.10. The number of hydrogen-bond acceptors (Lipinski definition) is 5. The van der Waals surface area contributed by atoms with Gasteiger partial charge in [0.25, 0.3) is 0 Å². The van der Waals surface area contributed by atoms with Crippen LogP contribution in [0.15, 0.2) is 34.9 Å². The van der Waals surface area contributed by atoms with Crippen LogP contribution in [0, 0.1) is 0 Å². The van der Waals surface area contributed by atoms with Crippen LogP contribution < -0.4 is 0 Å². The van der Waals surface area contributed by atoms with Gasteiger partial charge in [0.15, 0.2) is 0 Å². The van der Waals surface area contributed by atoms with Crippen molar-refractivity contribution in [2.45, 2.75) is 6.10 Å². The molecule has 3 rings (SSSR count). The Hall–Kier alpha value is -1.48. The van der Waals surface area contributed by atoms with E-state index in [9.17, 15) is 13.5 Å². The van der Waals surface area contributed by atoms with Crippen molar-refractivity contribution in [2.75, 3.05) is 12.0 Å². The summed E-state index contributed by atoms with van der Waals surface area (Å²) in [7, 11) is -3.37. The van der Waals surface area contributed by atoms with Crippen LogP contribution in [0.5, 0.6) is 0 Å². The number of hydrogen-bond donors (Lipinski definition) is 2. The molecular formula is C15H13BrClN3O3S. The van der Waals surface area contributed by atoms with Gasteiger partial charge in [-0.05, 0) is 40.2 Å². The maximum absolute atomic E-state index is 11.6. The van der Waals surface area contributed by atoms with Crippen molar-refractivity contribution in [2.24, 2.45) is 0 Å². The molecule has 2 heterocycles. The minimum absolute atomic E-state index is 0.366. The Labute approximate surface area is 151 Å². The molecule has 126 valence electrons. The van der Waals surface area contributed by atoms with Gasteiger partial charge in [0.1, 0.15) is 15.9 Å². The van der Waals surface area contributed by atoms with Gasteiger partial charge in [0.2, 0.25) is 0 Å². The summed E-state index contributed by atoms with van der Waals surface area (Å²) in [4.78, 5) is 3.08. The van der Waals surface area contributed by atoms with Crippen molar-refractivity contribution < 1.29 is 13.5 Å². The second-order valence-electron chi connectivity index (χ2n) is 5.44. The number of nitrogens with zero attached hydrogens (tertiary/aromatic N) is 2. The molecule has 0 amide bonds. The maximum Gasteiger partial charge on any atom is 0.150 e. The number of sulfone groups is 1. The average molecular weight is 431 g/mol. The molecular weight excluding hydrogens is 418 g/mol. The number of aromatic amines is 1. The summed E-state index contributed by atoms with van der Waals surface area (Å²) in [5.41, 5.74) is 2.17. The normalized spacial score (nSPS) is 13.3. The summed E-state index contributed by atoms with van der Waals surface area (Å²) in [6, 6.07) is 6.96. The van der Waals surface area contributed by atoms with Gasteiger partial charge in [-0.1, -0.05) is 11.6 Å². The van der Waals surface area contributed by atoms with E-state index in [1.54, 1.807) is 24.3 Å². The Morgan fingerprint density at radius 3 is 2.79 bits per heavy atom. The lowest BCUT2D eigenvalue weighted by molar-refractivity contribution is 0.198. The van der Waals surface area contributed by atoms with E-state index in [4.69, 9.17) is 11.6 Å². The lowest BCUT2D eigenvalue weighted by atomic mass is 10.0. The topological polar surface area (TPSA) is 95.9 Å². The number of H-pyrrole nitrogens is 1. The summed E-state index contributed by atoms with van der Waals surface area (Å²) in [6.45, 7) is 0. The van der Waals surface area contributed by atoms with E-state index < -0.39 is 21.7 Å². The zero-order chi connectivity index (χ0) is 17.5. The first-order chi connectivity index (χ1) is 11.3. The Morgan fingerprint density at radius 2 is 2.17 bits per heavy atom. The predicted octanol–water partition coefficient (Wildman–Crippen LogP) is 3.12. The maximum atomic E-state index is 11.6. The first-order valence-electron chi connectivity index (χ1n) is 6.91. The van der Waals surface area contributed by atoms with Crippen LogP contribution in [0.4, 0.5) is 0 Å². The number of benzene rings is 1. The smallest absolute Gasteiger partial charge is 0.150 e. The fourth-order valence-corrected chi connectivity index (χ4v) is 3.79. The molecule has 0 aliphatic rings. The minimum atomic E-state index is -3.37. The summed E-state index contributed by atoms with van der Waals surface area (Å²) in [5, 5.41) is 19.6. The molecule has 6 nitrogen and oxygen atoms in total. The molecule has 2 aromatic heterocycles. The van der Waals surface area contributed by atoms with Gasteiger partial charge in [-0.3, -0.25) is 0 Å². The molecule has 0 saturated carbocycles. The number of fused-ring (bicyclic) bond motifs is 1. The minimum Gasteiger partial charge on any atom is -0.386 e. The standard InChI is InChI=1S/C15H13BrClN3O3S/c1-24(22,23)7-13(21)15-14(11-3-2-4-18-20-11)8-5-10(17)9(16)6-12(8)19-15/h2-6,13,19,21H,7H2,1H3. The average Bonchev–Trinajstić information content (AvgIpc) is 2.85. The third kappa shape index (κ3) is 3.46. The summed E-state index contributed by atoms with van der Waals surface area (Å²) >= 11 is 9.54. The number of nitrogens with one attached hydrogen (secondary N) is 1. The highest BCUT2D eigenvalue weighted by Crippen LogP contribution is 2.38. The van der Waals surface area contributed by atoms with Gasteiger partial charge >= 0.3 is 0 Å². The number of halogens is 2. The van der Waals surface area contributed by atoms with Gasteiger partial charge in [-0.15, -0.1) is 0 Å². The summed E-state index contributed by atoms with van der Waals surface area (Å²) in [6.07, 6.45) is 1.39. The van der Waals surface area contributed by atoms with Crippen molar-refractivity contribution in [1.82, 2.24) is 15.2 Å². The number of aromatic nitrogens is 3. The number of aliphatic hydroxyl groups excluding tert-OH is 1. The predicted molar refractivity (Wildman–Crippen MR) is 96.7 cm³/mol. The SMILES string of the molecule is CS(=O)(=O)CC(O)c1[nH]c2cc(Br)c(Cl)cc2c1-c1cccnn1. The monoisotopic (exact) mass is 429 g/mol. The van der Waals surface area contributed by atoms with E-state index in [1.807, 2.05) is 0 Å². The zero-order valence-electron chi connectivity index (χ0n) is 12.5. The molecule has 0 spiro atoms. The molecule has 0 bridgehead atoms. The Kier molecular flexibility index (Phi) is 4.65. The van der Waals surface area contributed by atoms with E-state index >= 15 is 0 Å². The van der Waals surface area contributed by atoms with Crippen LogP contribution in [0.3, 0.4) is 0 Å². The first kappa shape index (κ1) is 17.3. The summed E-state index contributed by atoms with van der Waals surface area (Å²) < 4.78 is 23.8. The van der Waals surface area contributed by atoms with Crippen molar-refractivity contribution in [3.05, 3.63) is 45.7 Å². The highest BCUT2D eigenvalue weighted by atomic mass is 79.9. The van der Waals surface area contributed by atoms with Gasteiger partial charge in [0, 0.05) is 33.4 Å². The second-order valence-corrected chi connectivity index (χ2v) is 8.89. The molecule has 0 aliphatic heterocycles. The molecule has 3 aromatic rings. The van der Waals surface area contributed by atoms with Gasteiger partial charge in [-0.25, -0.2) is 8.42 Å². The Bertz CT molecular complexity index is 1010. The Balaban J connectivity index is 2.28. The first-order valence-corrected chi connectivity index (χ1v) is 10.1. The largest absolute Gasteiger partial charge is 0.386 e. The molecule has 1 aromatic carbocycles. The molecule has 1 atom stereocenters. The van der Waals surface area contributed by atoms with Crippen LogP contribution in [0.2, 0.25) is 5.02 Å². The van der Waals surface area contributed by atoms with Gasteiger partial charge in [0.05, 0.1) is 22.2 Å². The van der Waals surface area contributed by atoms with Crippen molar-refractivity contribution in [3.8, 4) is 11.3 Å². The van der Waals surface area contributed by atoms with E-state index in [0.29, 0.717) is 32.0 Å². The third-order valence-corrected chi connectivity index (χ3v) is 5.61. The Morgan fingerprint density at radius 1 is 1.42 bits per heavy atom. The second kappa shape index (κ2) is 6.44. The molecule has 24 heavy (non-hydrogen) atoms. The van der Waals surface area contributed by atoms with E-state index in [1.165, 1.54) is 6.20 Å². The lowest BCUT2D eigenvalue weighted by Gasteiger charge is -2.10. The highest BCUT2D eigenvalue weighted by Gasteiger charge is 2.24. The van der Waals surface area contributed by atoms with Gasteiger partial charge < -0.3 is 10.1 Å². The molecule has 1 unspecified atom stereocenters. The molecule has 2 N–H and O–H groups in total. The molecule has 0 saturated heterocycles. The number of aliphatic hydroxyl groups is 1. The van der Waals surface area contributed by atoms with Crippen LogP contribution in [-0.2, 0) is 9.84 Å². The van der Waals surface area contributed by atoms with E-state index in [2.05, 4.69) is 31.1 Å². The lowest BCUT2D eigenvalue weighted by Crippen LogP contribution is -2.14. The fourth-order valence-electron chi connectivity index (χ4n) is 2.54. The quantitative estimate of drug-likeness (QED) is 0.663. The van der Waals surface area contributed by atoms with Crippen molar-refractivity contribution >= 4 is 48.3 Å². The summed E-state index contributed by atoms with van der Waals surface area (Å²) in [5.74, 6) is -0.401. The molecule has 0 aliphatic carbocycles. The fraction of sp³-hybridized carbons (Fsp3) is 0.200. The van der Waals surface area contributed by atoms with Crippen LogP contribution >= 0.6 is 27.5 Å². The molecule has 0 fully saturated rings. The van der Waals surface area contributed by atoms with Crippen LogP contribution in [0.1, 0.15) is 11.8 Å². The zero-order valence-corrected chi connectivity index (χ0v) is 15.7. The van der Waals surface area contributed by atoms with Crippen molar-refractivity contribution in [1.29, 1.82) is 0 Å². The molecule has 9 heteroatoms. The van der Waals surface area contributed by atoms with Crippen LogP contribution in [0.25, 0.3) is 22.2 Å². The van der Waals surface area contributed by atoms with E-state index in [-0.39, 0.29) is 0 Å². The van der Waals surface area contributed by atoms with Crippen LogP contribution in [-0.4, -0.2) is 40.7 Å². The number of rotatable bonds is 4. The molecule has 0 radical (unpaired) electrons. The third-order valence-electron chi connectivity index (χ3n) is 3.49. The van der Waals surface area contributed by atoms with Crippen molar-refractivity contribution in [3.63, 3.8) is 0 Å².